The fourth-order valence-electron chi connectivity index (χ4n) is 4.87. The van der Waals surface area contributed by atoms with Gasteiger partial charge < -0.3 is 10.0 Å². The third-order valence-electron chi connectivity index (χ3n) is 6.37. The predicted octanol–water partition coefficient (Wildman–Crippen LogP) is 3.82. The average Bonchev–Trinajstić information content (AvgIpc) is 3.23. The first-order valence-electron chi connectivity index (χ1n) is 9.84. The number of phenolic OH excluding ortho intramolecular Hbond substituents is 1. The number of likely N-dealkylation sites (tertiary alicyclic amines) is 1. The van der Waals surface area contributed by atoms with E-state index in [0.29, 0.717) is 16.7 Å². The zero-order valence-electron chi connectivity index (χ0n) is 16.0. The van der Waals surface area contributed by atoms with Gasteiger partial charge in [0.15, 0.2) is 21.4 Å². The first-order valence-corrected chi connectivity index (χ1v) is 11.4. The van der Waals surface area contributed by atoms with Gasteiger partial charge in [-0.05, 0) is 60.4 Å². The van der Waals surface area contributed by atoms with Gasteiger partial charge >= 0.3 is 0 Å². The normalized spacial score (nSPS) is 26.3. The minimum atomic E-state index is -3.26. The minimum absolute atomic E-state index is 0.151. The largest absolute Gasteiger partial charge is 0.505 e. The molecule has 0 amide bonds. The molecule has 1 aliphatic heterocycles. The summed E-state index contributed by atoms with van der Waals surface area (Å²) in [6.07, 6.45) is 1.45. The first kappa shape index (κ1) is 19.4. The molecule has 4 rings (SSSR count). The number of hydrogen-bond acceptors (Lipinski definition) is 4. The van der Waals surface area contributed by atoms with Crippen molar-refractivity contribution >= 4 is 9.84 Å². The molecule has 4 atom stereocenters. The quantitative estimate of drug-likeness (QED) is 0.825. The number of fused-ring (bicyclic) bond motifs is 1. The Morgan fingerprint density at radius 2 is 1.75 bits per heavy atom. The van der Waals surface area contributed by atoms with Crippen molar-refractivity contribution in [3.05, 3.63) is 59.9 Å². The zero-order chi connectivity index (χ0) is 19.9. The third-order valence-corrected chi connectivity index (χ3v) is 8.56. The highest BCUT2D eigenvalue weighted by atomic mass is 32.2. The van der Waals surface area contributed by atoms with E-state index in [1.807, 2.05) is 6.07 Å². The van der Waals surface area contributed by atoms with Crippen LogP contribution in [-0.4, -0.2) is 43.3 Å². The number of rotatable bonds is 5. The Labute approximate surface area is 165 Å². The van der Waals surface area contributed by atoms with Crippen LogP contribution in [0.2, 0.25) is 0 Å². The predicted molar refractivity (Wildman–Crippen MR) is 107 cm³/mol. The number of halogens is 1. The Balaban J connectivity index is 1.37. The lowest BCUT2D eigenvalue weighted by atomic mass is 10.0. The van der Waals surface area contributed by atoms with Gasteiger partial charge in [-0.3, -0.25) is 0 Å². The van der Waals surface area contributed by atoms with Crippen molar-refractivity contribution < 1.29 is 17.9 Å². The Morgan fingerprint density at radius 3 is 2.36 bits per heavy atom. The van der Waals surface area contributed by atoms with Gasteiger partial charge in [0.25, 0.3) is 0 Å². The van der Waals surface area contributed by atoms with Gasteiger partial charge in [0, 0.05) is 19.6 Å². The van der Waals surface area contributed by atoms with Crippen LogP contribution in [0, 0.1) is 17.7 Å². The molecule has 6 heteroatoms. The van der Waals surface area contributed by atoms with Crippen molar-refractivity contribution in [3.8, 4) is 5.75 Å². The lowest BCUT2D eigenvalue weighted by Crippen LogP contribution is -2.28. The molecule has 2 aromatic rings. The molecule has 0 radical (unpaired) electrons. The van der Waals surface area contributed by atoms with Crippen molar-refractivity contribution in [2.45, 2.75) is 35.8 Å². The summed E-state index contributed by atoms with van der Waals surface area (Å²) < 4.78 is 39.4. The molecule has 1 saturated carbocycles. The summed E-state index contributed by atoms with van der Waals surface area (Å²) in [5.74, 6) is 0.0613. The summed E-state index contributed by atoms with van der Waals surface area (Å²) in [6, 6.07) is 13.3. The maximum Gasteiger partial charge on any atom is 0.181 e. The van der Waals surface area contributed by atoms with Crippen molar-refractivity contribution in [1.82, 2.24) is 4.90 Å². The number of phenols is 1. The Morgan fingerprint density at radius 1 is 1.11 bits per heavy atom. The van der Waals surface area contributed by atoms with E-state index in [1.54, 1.807) is 30.3 Å². The van der Waals surface area contributed by atoms with Crippen LogP contribution in [0.1, 0.15) is 31.2 Å². The number of aromatic hydroxyl groups is 1. The standard InChI is InChI=1S/C22H26FNO3S/c1-15(16-7-8-22(25)21(23)11-16)12-24-13-17-9-20(10-18(17)14-24)28(26,27)19-5-3-2-4-6-19/h2-8,11,15,17-18,20,25H,9-10,12-14H2,1H3/t15?,17-,18+,20+. The molecular formula is C22H26FNO3S. The van der Waals surface area contributed by atoms with Crippen molar-refractivity contribution in [2.75, 3.05) is 19.6 Å². The van der Waals surface area contributed by atoms with Crippen LogP contribution in [0.5, 0.6) is 5.75 Å². The minimum Gasteiger partial charge on any atom is -0.505 e. The molecule has 150 valence electrons. The second kappa shape index (κ2) is 7.48. The van der Waals surface area contributed by atoms with Gasteiger partial charge in [0.1, 0.15) is 0 Å². The molecule has 1 saturated heterocycles. The van der Waals surface area contributed by atoms with Gasteiger partial charge in [-0.15, -0.1) is 0 Å². The van der Waals surface area contributed by atoms with E-state index in [2.05, 4.69) is 11.8 Å². The maximum absolute atomic E-state index is 13.6. The van der Waals surface area contributed by atoms with E-state index in [9.17, 15) is 17.9 Å². The van der Waals surface area contributed by atoms with E-state index in [4.69, 9.17) is 0 Å². The van der Waals surface area contributed by atoms with E-state index in [0.717, 1.165) is 38.0 Å². The average molecular weight is 404 g/mol. The van der Waals surface area contributed by atoms with E-state index in [1.165, 1.54) is 12.1 Å². The Kier molecular flexibility index (Phi) is 5.19. The maximum atomic E-state index is 13.6. The molecular weight excluding hydrogens is 377 g/mol. The van der Waals surface area contributed by atoms with Crippen LogP contribution in [0.15, 0.2) is 53.4 Å². The molecule has 1 heterocycles. The molecule has 1 aliphatic carbocycles. The SMILES string of the molecule is CC(CN1C[C@H]2C[C@H](S(=O)(=O)c3ccccc3)C[C@H]2C1)c1ccc(O)c(F)c1. The smallest absolute Gasteiger partial charge is 0.181 e. The summed E-state index contributed by atoms with van der Waals surface area (Å²) in [7, 11) is -3.26. The monoisotopic (exact) mass is 403 g/mol. The van der Waals surface area contributed by atoms with Gasteiger partial charge in [0.2, 0.25) is 0 Å². The topological polar surface area (TPSA) is 57.6 Å². The summed E-state index contributed by atoms with van der Waals surface area (Å²) in [4.78, 5) is 2.80. The number of hydrogen-bond donors (Lipinski definition) is 1. The summed E-state index contributed by atoms with van der Waals surface area (Å²) >= 11 is 0. The van der Waals surface area contributed by atoms with Gasteiger partial charge in [-0.1, -0.05) is 31.2 Å². The van der Waals surface area contributed by atoms with E-state index < -0.39 is 15.7 Å². The molecule has 2 fully saturated rings. The highest BCUT2D eigenvalue weighted by Gasteiger charge is 2.45. The number of nitrogens with zero attached hydrogens (tertiary/aromatic N) is 1. The molecule has 0 aromatic heterocycles. The Bertz CT molecular complexity index is 934. The van der Waals surface area contributed by atoms with Crippen LogP contribution in [0.4, 0.5) is 4.39 Å². The zero-order valence-corrected chi connectivity index (χ0v) is 16.8. The van der Waals surface area contributed by atoms with Crippen LogP contribution in [0.25, 0.3) is 0 Å². The fraction of sp³-hybridized carbons (Fsp3) is 0.455. The van der Waals surface area contributed by atoms with Crippen molar-refractivity contribution in [1.29, 1.82) is 0 Å². The van der Waals surface area contributed by atoms with Gasteiger partial charge in [-0.2, -0.15) is 0 Å². The van der Waals surface area contributed by atoms with Crippen molar-refractivity contribution in [3.63, 3.8) is 0 Å². The molecule has 2 aromatic carbocycles. The molecule has 2 aliphatic rings. The fourth-order valence-corrected chi connectivity index (χ4v) is 6.79. The summed E-state index contributed by atoms with van der Waals surface area (Å²) in [5, 5.41) is 9.08. The second-order valence-corrected chi connectivity index (χ2v) is 10.5. The number of benzene rings is 2. The highest BCUT2D eigenvalue weighted by molar-refractivity contribution is 7.92. The lowest BCUT2D eigenvalue weighted by Gasteiger charge is -2.23. The highest BCUT2D eigenvalue weighted by Crippen LogP contribution is 2.43. The van der Waals surface area contributed by atoms with Gasteiger partial charge in [-0.25, -0.2) is 12.8 Å². The van der Waals surface area contributed by atoms with Crippen LogP contribution < -0.4 is 0 Å². The molecule has 1 N–H and O–H groups in total. The second-order valence-electron chi connectivity index (χ2n) is 8.30. The molecule has 1 unspecified atom stereocenters. The summed E-state index contributed by atoms with van der Waals surface area (Å²) in [6.45, 7) is 4.67. The lowest BCUT2D eigenvalue weighted by molar-refractivity contribution is 0.295. The van der Waals surface area contributed by atoms with Crippen LogP contribution in [0.3, 0.4) is 0 Å². The van der Waals surface area contributed by atoms with E-state index >= 15 is 0 Å². The van der Waals surface area contributed by atoms with Crippen molar-refractivity contribution in [2.24, 2.45) is 11.8 Å². The van der Waals surface area contributed by atoms with Gasteiger partial charge in [0.05, 0.1) is 10.1 Å². The summed E-state index contributed by atoms with van der Waals surface area (Å²) in [5.41, 5.74) is 0.872. The van der Waals surface area contributed by atoms with E-state index in [-0.39, 0.29) is 16.9 Å². The van der Waals surface area contributed by atoms with Crippen LogP contribution in [-0.2, 0) is 9.84 Å². The van der Waals surface area contributed by atoms with Crippen LogP contribution >= 0.6 is 0 Å². The first-order chi connectivity index (χ1) is 13.3. The molecule has 0 spiro atoms. The third kappa shape index (κ3) is 3.67. The molecule has 0 bridgehead atoms. The number of sulfone groups is 1. The molecule has 28 heavy (non-hydrogen) atoms. The molecule has 4 nitrogen and oxygen atoms in total. The Hall–Kier alpha value is -1.92.